The number of H-pyrrole nitrogens is 2. The predicted molar refractivity (Wildman–Crippen MR) is 101 cm³/mol. The Balaban J connectivity index is 1.99. The molecular formula is C18H10Br2N2. The van der Waals surface area contributed by atoms with E-state index in [9.17, 15) is 0 Å². The fraction of sp³-hybridized carbons (Fsp3) is 0. The number of aromatic amines is 2. The minimum absolute atomic E-state index is 1.10. The van der Waals surface area contributed by atoms with Crippen LogP contribution < -0.4 is 0 Å². The molecule has 2 aromatic heterocycles. The van der Waals surface area contributed by atoms with Crippen molar-refractivity contribution in [2.45, 2.75) is 0 Å². The van der Waals surface area contributed by atoms with E-state index in [1.807, 2.05) is 0 Å². The molecule has 0 fully saturated rings. The lowest BCUT2D eigenvalue weighted by atomic mass is 10.1. The summed E-state index contributed by atoms with van der Waals surface area (Å²) in [6.07, 6.45) is 0. The quantitative estimate of drug-likeness (QED) is 0.291. The maximum atomic E-state index is 3.56. The van der Waals surface area contributed by atoms with E-state index in [0.29, 0.717) is 0 Å². The van der Waals surface area contributed by atoms with Gasteiger partial charge in [-0.15, -0.1) is 0 Å². The van der Waals surface area contributed by atoms with Gasteiger partial charge in [0.25, 0.3) is 0 Å². The average molecular weight is 414 g/mol. The highest BCUT2D eigenvalue weighted by atomic mass is 79.9. The Hall–Kier alpha value is -1.78. The molecule has 0 saturated heterocycles. The maximum absolute atomic E-state index is 3.56. The second kappa shape index (κ2) is 4.37. The standard InChI is InChI=1S/C18H10Br2N2/c19-9-1-3-15-11(5-9)13-7-18-14(8-17(13)21-15)12-6-10(20)2-4-16(12)22-18/h1-8,21-22H. The molecule has 0 aliphatic carbocycles. The third kappa shape index (κ3) is 1.71. The predicted octanol–water partition coefficient (Wildman–Crippen LogP) is 6.48. The lowest BCUT2D eigenvalue weighted by Gasteiger charge is -1.95. The van der Waals surface area contributed by atoms with Crippen LogP contribution >= 0.6 is 31.9 Å². The molecule has 2 N–H and O–H groups in total. The molecule has 5 aromatic rings. The molecule has 0 amide bonds. The van der Waals surface area contributed by atoms with E-state index in [4.69, 9.17) is 0 Å². The lowest BCUT2D eigenvalue weighted by molar-refractivity contribution is 1.54. The van der Waals surface area contributed by atoms with Gasteiger partial charge in [-0.25, -0.2) is 0 Å². The molecule has 0 radical (unpaired) electrons. The SMILES string of the molecule is Brc1ccc2[nH]c3cc4c(cc3c2c1)[nH]c1ccc(Br)cc14. The number of rotatable bonds is 0. The largest absolute Gasteiger partial charge is 0.354 e. The maximum Gasteiger partial charge on any atom is 0.0472 e. The molecule has 3 aromatic carbocycles. The van der Waals surface area contributed by atoms with Gasteiger partial charge in [0, 0.05) is 52.6 Å². The van der Waals surface area contributed by atoms with Crippen LogP contribution in [0.2, 0.25) is 0 Å². The molecule has 5 rings (SSSR count). The molecule has 0 spiro atoms. The molecule has 0 aliphatic rings. The summed E-state index contributed by atoms with van der Waals surface area (Å²) in [5.41, 5.74) is 4.66. The highest BCUT2D eigenvalue weighted by Crippen LogP contribution is 2.34. The molecule has 106 valence electrons. The summed E-state index contributed by atoms with van der Waals surface area (Å²) in [6.45, 7) is 0. The first-order chi connectivity index (χ1) is 10.7. The van der Waals surface area contributed by atoms with Gasteiger partial charge in [0.1, 0.15) is 0 Å². The average Bonchev–Trinajstić information content (AvgIpc) is 3.02. The molecule has 0 aliphatic heterocycles. The third-order valence-electron chi connectivity index (χ3n) is 4.24. The summed E-state index contributed by atoms with van der Waals surface area (Å²) in [5, 5.41) is 4.97. The molecule has 0 unspecified atom stereocenters. The van der Waals surface area contributed by atoms with E-state index < -0.39 is 0 Å². The zero-order valence-electron chi connectivity index (χ0n) is 11.4. The lowest BCUT2D eigenvalue weighted by Crippen LogP contribution is -1.70. The molecule has 0 atom stereocenters. The fourth-order valence-electron chi connectivity index (χ4n) is 3.24. The summed E-state index contributed by atoms with van der Waals surface area (Å²) in [4.78, 5) is 7.04. The van der Waals surface area contributed by atoms with Gasteiger partial charge >= 0.3 is 0 Å². The first-order valence-electron chi connectivity index (χ1n) is 7.01. The van der Waals surface area contributed by atoms with Crippen molar-refractivity contribution < 1.29 is 0 Å². The van der Waals surface area contributed by atoms with Gasteiger partial charge in [-0.2, -0.15) is 0 Å². The Bertz CT molecular complexity index is 1100. The molecule has 2 heterocycles. The Kier molecular flexibility index (Phi) is 2.53. The minimum Gasteiger partial charge on any atom is -0.354 e. The zero-order chi connectivity index (χ0) is 14.8. The van der Waals surface area contributed by atoms with Crippen LogP contribution in [-0.2, 0) is 0 Å². The van der Waals surface area contributed by atoms with Gasteiger partial charge in [0.2, 0.25) is 0 Å². The van der Waals surface area contributed by atoms with Crippen molar-refractivity contribution in [3.8, 4) is 0 Å². The van der Waals surface area contributed by atoms with E-state index >= 15 is 0 Å². The number of aromatic nitrogens is 2. The van der Waals surface area contributed by atoms with Crippen molar-refractivity contribution in [1.82, 2.24) is 9.97 Å². The highest BCUT2D eigenvalue weighted by molar-refractivity contribution is 9.10. The van der Waals surface area contributed by atoms with Gasteiger partial charge in [-0.05, 0) is 48.5 Å². The van der Waals surface area contributed by atoms with Crippen LogP contribution in [0, 0.1) is 0 Å². The third-order valence-corrected chi connectivity index (χ3v) is 5.23. The van der Waals surface area contributed by atoms with E-state index in [2.05, 4.69) is 90.4 Å². The monoisotopic (exact) mass is 412 g/mol. The Morgan fingerprint density at radius 2 is 0.909 bits per heavy atom. The van der Waals surface area contributed by atoms with Crippen LogP contribution in [-0.4, -0.2) is 9.97 Å². The Morgan fingerprint density at radius 3 is 1.36 bits per heavy atom. The number of fused-ring (bicyclic) bond motifs is 6. The van der Waals surface area contributed by atoms with Crippen molar-refractivity contribution in [2.24, 2.45) is 0 Å². The van der Waals surface area contributed by atoms with Crippen LogP contribution in [0.5, 0.6) is 0 Å². The zero-order valence-corrected chi connectivity index (χ0v) is 14.5. The molecular weight excluding hydrogens is 404 g/mol. The number of nitrogens with one attached hydrogen (secondary N) is 2. The second-order valence-electron chi connectivity index (χ2n) is 5.57. The number of hydrogen-bond acceptors (Lipinski definition) is 0. The van der Waals surface area contributed by atoms with E-state index in [-0.39, 0.29) is 0 Å². The summed E-state index contributed by atoms with van der Waals surface area (Å²) in [7, 11) is 0. The van der Waals surface area contributed by atoms with Crippen LogP contribution in [0.1, 0.15) is 0 Å². The highest BCUT2D eigenvalue weighted by Gasteiger charge is 2.10. The molecule has 22 heavy (non-hydrogen) atoms. The summed E-state index contributed by atoms with van der Waals surface area (Å²) in [6, 6.07) is 17.2. The summed E-state index contributed by atoms with van der Waals surface area (Å²) < 4.78 is 2.20. The molecule has 2 nitrogen and oxygen atoms in total. The summed E-state index contributed by atoms with van der Waals surface area (Å²) in [5.74, 6) is 0. The van der Waals surface area contributed by atoms with Gasteiger partial charge in [-0.3, -0.25) is 0 Å². The second-order valence-corrected chi connectivity index (χ2v) is 7.40. The van der Waals surface area contributed by atoms with Gasteiger partial charge in [0.15, 0.2) is 0 Å². The van der Waals surface area contributed by atoms with Gasteiger partial charge < -0.3 is 9.97 Å². The number of halogens is 2. The van der Waals surface area contributed by atoms with Crippen LogP contribution in [0.25, 0.3) is 43.6 Å². The van der Waals surface area contributed by atoms with Crippen LogP contribution in [0.15, 0.2) is 57.5 Å². The van der Waals surface area contributed by atoms with Crippen molar-refractivity contribution in [2.75, 3.05) is 0 Å². The van der Waals surface area contributed by atoms with Crippen molar-refractivity contribution in [3.63, 3.8) is 0 Å². The van der Waals surface area contributed by atoms with E-state index in [1.54, 1.807) is 0 Å². The smallest absolute Gasteiger partial charge is 0.0472 e. The number of benzene rings is 3. The molecule has 0 saturated carbocycles. The van der Waals surface area contributed by atoms with Crippen LogP contribution in [0.4, 0.5) is 0 Å². The van der Waals surface area contributed by atoms with Gasteiger partial charge in [-0.1, -0.05) is 31.9 Å². The van der Waals surface area contributed by atoms with Crippen LogP contribution in [0.3, 0.4) is 0 Å². The molecule has 0 bridgehead atoms. The normalized spacial score (nSPS) is 12.1. The Morgan fingerprint density at radius 1 is 0.500 bits per heavy atom. The molecule has 4 heteroatoms. The fourth-order valence-corrected chi connectivity index (χ4v) is 3.96. The summed E-state index contributed by atoms with van der Waals surface area (Å²) >= 11 is 7.12. The van der Waals surface area contributed by atoms with Gasteiger partial charge in [0.05, 0.1) is 0 Å². The first kappa shape index (κ1) is 12.7. The first-order valence-corrected chi connectivity index (χ1v) is 8.59. The van der Waals surface area contributed by atoms with E-state index in [1.165, 1.54) is 32.6 Å². The topological polar surface area (TPSA) is 31.6 Å². The van der Waals surface area contributed by atoms with E-state index in [0.717, 1.165) is 20.0 Å². The number of hydrogen-bond donors (Lipinski definition) is 2. The van der Waals surface area contributed by atoms with Crippen molar-refractivity contribution in [1.29, 1.82) is 0 Å². The van der Waals surface area contributed by atoms with Crippen molar-refractivity contribution >= 4 is 75.5 Å². The van der Waals surface area contributed by atoms with Crippen molar-refractivity contribution in [3.05, 3.63) is 57.5 Å². The minimum atomic E-state index is 1.10. The Labute approximate surface area is 142 Å².